The third-order valence-electron chi connectivity index (χ3n) is 4.47. The number of hydrogen-bond donors (Lipinski definition) is 1. The van der Waals surface area contributed by atoms with Crippen molar-refractivity contribution in [2.24, 2.45) is 0 Å². The third kappa shape index (κ3) is 5.18. The molecule has 0 radical (unpaired) electrons. The molecule has 5 nitrogen and oxygen atoms in total. The van der Waals surface area contributed by atoms with Crippen LogP contribution >= 0.6 is 0 Å². The molecule has 2 aromatic rings. The Bertz CT molecular complexity index is 728. The van der Waals surface area contributed by atoms with Gasteiger partial charge in [-0.15, -0.1) is 0 Å². The number of aryl methyl sites for hydroxylation is 1. The molecule has 0 atom stereocenters. The Kier molecular flexibility index (Phi) is 6.04. The number of nitrogens with one attached hydrogen (secondary N) is 1. The summed E-state index contributed by atoms with van der Waals surface area (Å²) < 4.78 is 24.2. The molecule has 138 valence electrons. The summed E-state index contributed by atoms with van der Waals surface area (Å²) >= 11 is 0. The summed E-state index contributed by atoms with van der Waals surface area (Å²) in [6.45, 7) is 1.86. The smallest absolute Gasteiger partial charge is 0.258 e. The lowest BCUT2D eigenvalue weighted by molar-refractivity contribution is -0.124. The van der Waals surface area contributed by atoms with E-state index >= 15 is 0 Å². The van der Waals surface area contributed by atoms with Gasteiger partial charge in [-0.3, -0.25) is 9.78 Å². The second-order valence-electron chi connectivity index (χ2n) is 6.49. The highest BCUT2D eigenvalue weighted by Crippen LogP contribution is 2.25. The molecule has 0 aliphatic heterocycles. The van der Waals surface area contributed by atoms with E-state index in [1.807, 2.05) is 19.1 Å². The van der Waals surface area contributed by atoms with Gasteiger partial charge in [-0.25, -0.2) is 4.39 Å². The fraction of sp³-hybridized carbons (Fsp3) is 0.400. The molecule has 1 amide bonds. The second kappa shape index (κ2) is 8.65. The Labute approximate surface area is 152 Å². The highest BCUT2D eigenvalue weighted by molar-refractivity contribution is 5.77. The predicted molar refractivity (Wildman–Crippen MR) is 95.7 cm³/mol. The number of rotatable bonds is 6. The van der Waals surface area contributed by atoms with Crippen LogP contribution < -0.4 is 14.8 Å². The van der Waals surface area contributed by atoms with E-state index in [0.717, 1.165) is 37.1 Å². The lowest BCUT2D eigenvalue weighted by Gasteiger charge is -2.29. The van der Waals surface area contributed by atoms with Crippen LogP contribution in [-0.2, 0) is 4.79 Å². The minimum absolute atomic E-state index is 0.0725. The van der Waals surface area contributed by atoms with Crippen LogP contribution in [0.5, 0.6) is 11.5 Å². The Morgan fingerprint density at radius 2 is 1.92 bits per heavy atom. The molecule has 3 rings (SSSR count). The molecular weight excluding hydrogens is 335 g/mol. The van der Waals surface area contributed by atoms with E-state index in [-0.39, 0.29) is 30.5 Å². The lowest BCUT2D eigenvalue weighted by atomic mass is 9.93. The summed E-state index contributed by atoms with van der Waals surface area (Å²) in [7, 11) is 0. The second-order valence-corrected chi connectivity index (χ2v) is 6.49. The summed E-state index contributed by atoms with van der Waals surface area (Å²) in [4.78, 5) is 16.3. The van der Waals surface area contributed by atoms with E-state index in [0.29, 0.717) is 5.75 Å². The van der Waals surface area contributed by atoms with Crippen molar-refractivity contribution < 1.29 is 18.7 Å². The fourth-order valence-electron chi connectivity index (χ4n) is 3.05. The minimum atomic E-state index is -0.331. The molecule has 1 aromatic carbocycles. The van der Waals surface area contributed by atoms with Crippen LogP contribution in [0.2, 0.25) is 0 Å². The number of aromatic nitrogens is 1. The van der Waals surface area contributed by atoms with Crippen LogP contribution in [0.25, 0.3) is 0 Å². The fourth-order valence-corrected chi connectivity index (χ4v) is 3.05. The highest BCUT2D eigenvalue weighted by Gasteiger charge is 2.24. The van der Waals surface area contributed by atoms with Crippen LogP contribution in [0, 0.1) is 12.7 Å². The average Bonchev–Trinajstić information content (AvgIpc) is 2.65. The zero-order valence-electron chi connectivity index (χ0n) is 14.8. The first kappa shape index (κ1) is 18.2. The van der Waals surface area contributed by atoms with Crippen molar-refractivity contribution in [1.29, 1.82) is 0 Å². The number of pyridine rings is 1. The Morgan fingerprint density at radius 3 is 2.62 bits per heavy atom. The van der Waals surface area contributed by atoms with Crippen molar-refractivity contribution in [2.75, 3.05) is 6.61 Å². The molecule has 1 fully saturated rings. The first-order valence-electron chi connectivity index (χ1n) is 8.86. The van der Waals surface area contributed by atoms with E-state index < -0.39 is 0 Å². The van der Waals surface area contributed by atoms with Crippen molar-refractivity contribution in [3.63, 3.8) is 0 Å². The number of halogens is 1. The molecule has 6 heteroatoms. The van der Waals surface area contributed by atoms with E-state index in [2.05, 4.69) is 10.3 Å². The van der Waals surface area contributed by atoms with Gasteiger partial charge in [-0.1, -0.05) is 0 Å². The number of amides is 1. The summed E-state index contributed by atoms with van der Waals surface area (Å²) in [6.07, 6.45) is 5.42. The molecule has 1 saturated carbocycles. The van der Waals surface area contributed by atoms with Gasteiger partial charge in [-0.05, 0) is 69.0 Å². The number of ether oxygens (including phenoxy) is 2. The largest absolute Gasteiger partial charge is 0.489 e. The van der Waals surface area contributed by atoms with E-state index in [1.165, 1.54) is 24.3 Å². The highest BCUT2D eigenvalue weighted by atomic mass is 19.1. The molecule has 0 saturated heterocycles. The van der Waals surface area contributed by atoms with Gasteiger partial charge >= 0.3 is 0 Å². The number of carbonyl (C=O) groups excluding carboxylic acids is 1. The monoisotopic (exact) mass is 358 g/mol. The maximum absolute atomic E-state index is 12.8. The molecule has 1 aliphatic carbocycles. The molecule has 1 aromatic heterocycles. The summed E-state index contributed by atoms with van der Waals surface area (Å²) in [5.74, 6) is 0.808. The number of nitrogens with zero attached hydrogens (tertiary/aromatic N) is 1. The Hall–Kier alpha value is -2.63. The maximum atomic E-state index is 12.8. The van der Waals surface area contributed by atoms with Gasteiger partial charge in [0.2, 0.25) is 0 Å². The van der Waals surface area contributed by atoms with Crippen LogP contribution in [0.3, 0.4) is 0 Å². The van der Waals surface area contributed by atoms with Crippen molar-refractivity contribution in [3.8, 4) is 11.5 Å². The quantitative estimate of drug-likeness (QED) is 0.860. The van der Waals surface area contributed by atoms with Crippen molar-refractivity contribution in [3.05, 3.63) is 54.1 Å². The van der Waals surface area contributed by atoms with Crippen molar-refractivity contribution in [1.82, 2.24) is 10.3 Å². The van der Waals surface area contributed by atoms with Gasteiger partial charge in [0.25, 0.3) is 5.91 Å². The molecule has 1 N–H and O–H groups in total. The topological polar surface area (TPSA) is 60.5 Å². The van der Waals surface area contributed by atoms with Gasteiger partial charge in [-0.2, -0.15) is 0 Å². The lowest BCUT2D eigenvalue weighted by Crippen LogP contribution is -2.41. The normalized spacial score (nSPS) is 19.6. The first-order valence-corrected chi connectivity index (χ1v) is 8.86. The van der Waals surface area contributed by atoms with E-state index in [9.17, 15) is 9.18 Å². The number of benzene rings is 1. The molecular formula is C20H23FN2O3. The Morgan fingerprint density at radius 1 is 1.19 bits per heavy atom. The van der Waals surface area contributed by atoms with Gasteiger partial charge in [0.1, 0.15) is 17.3 Å². The third-order valence-corrected chi connectivity index (χ3v) is 4.47. The van der Waals surface area contributed by atoms with Crippen LogP contribution in [0.1, 0.15) is 31.4 Å². The van der Waals surface area contributed by atoms with Gasteiger partial charge in [0.05, 0.1) is 11.8 Å². The molecule has 0 spiro atoms. The zero-order chi connectivity index (χ0) is 18.4. The molecule has 1 aliphatic rings. The summed E-state index contributed by atoms with van der Waals surface area (Å²) in [6, 6.07) is 9.56. The van der Waals surface area contributed by atoms with Crippen LogP contribution in [0.15, 0.2) is 42.6 Å². The van der Waals surface area contributed by atoms with Gasteiger partial charge in [0.15, 0.2) is 6.61 Å². The van der Waals surface area contributed by atoms with Crippen LogP contribution in [0.4, 0.5) is 4.39 Å². The Balaban J connectivity index is 1.38. The first-order chi connectivity index (χ1) is 12.6. The SMILES string of the molecule is Cc1ncccc1OC1CCC(NC(=O)COc2ccc(F)cc2)CC1. The van der Waals surface area contributed by atoms with Gasteiger partial charge < -0.3 is 14.8 Å². The standard InChI is InChI=1S/C20H23FN2O3/c1-14-19(3-2-12-22-14)26-18-10-6-16(7-11-18)23-20(24)13-25-17-8-4-15(21)5-9-17/h2-5,8-9,12,16,18H,6-7,10-11,13H2,1H3,(H,23,24). The van der Waals surface area contributed by atoms with Crippen LogP contribution in [-0.4, -0.2) is 29.6 Å². The molecule has 0 bridgehead atoms. The van der Waals surface area contributed by atoms with Crippen molar-refractivity contribution in [2.45, 2.75) is 44.8 Å². The maximum Gasteiger partial charge on any atom is 0.258 e. The van der Waals surface area contributed by atoms with Crippen molar-refractivity contribution >= 4 is 5.91 Å². The summed E-state index contributed by atoms with van der Waals surface area (Å²) in [5, 5.41) is 2.99. The summed E-state index contributed by atoms with van der Waals surface area (Å²) in [5.41, 5.74) is 0.890. The number of hydrogen-bond acceptors (Lipinski definition) is 4. The molecule has 1 heterocycles. The van der Waals surface area contributed by atoms with E-state index in [1.54, 1.807) is 6.20 Å². The minimum Gasteiger partial charge on any atom is -0.489 e. The number of carbonyl (C=O) groups is 1. The van der Waals surface area contributed by atoms with E-state index in [4.69, 9.17) is 9.47 Å². The molecule has 0 unspecified atom stereocenters. The molecule has 26 heavy (non-hydrogen) atoms. The van der Waals surface area contributed by atoms with Gasteiger partial charge in [0, 0.05) is 12.2 Å². The zero-order valence-corrected chi connectivity index (χ0v) is 14.8. The average molecular weight is 358 g/mol. The predicted octanol–water partition coefficient (Wildman–Crippen LogP) is 3.41.